The molecular formula is C16H21FN2O. The first kappa shape index (κ1) is 13.6. The summed E-state index contributed by atoms with van der Waals surface area (Å²) in [5.41, 5.74) is 1.14. The third-order valence-electron chi connectivity index (χ3n) is 4.80. The molecule has 0 saturated carbocycles. The van der Waals surface area contributed by atoms with E-state index in [0.717, 1.165) is 26.1 Å². The van der Waals surface area contributed by atoms with Gasteiger partial charge in [0.25, 0.3) is 5.91 Å². The highest BCUT2D eigenvalue weighted by Crippen LogP contribution is 2.35. The van der Waals surface area contributed by atoms with Crippen LogP contribution in [0.25, 0.3) is 0 Å². The number of carbonyl (C=O) groups excluding carboxylic acids is 1. The van der Waals surface area contributed by atoms with Crippen molar-refractivity contribution in [3.63, 3.8) is 0 Å². The number of halogens is 1. The standard InChI is InChI=1S/C16H21FN2O/c1-3-15-13-8-18-7-12(13)9-19(15)16(20)11-4-5-14(17)10(2)6-11/h4-6,12-13,15,18H,3,7-9H2,1-2H3. The lowest BCUT2D eigenvalue weighted by molar-refractivity contribution is 0.0711. The Labute approximate surface area is 119 Å². The molecule has 0 spiro atoms. The van der Waals surface area contributed by atoms with E-state index in [9.17, 15) is 9.18 Å². The molecule has 2 aliphatic rings. The van der Waals surface area contributed by atoms with Crippen LogP contribution in [0.15, 0.2) is 18.2 Å². The first-order valence-electron chi connectivity index (χ1n) is 7.39. The maximum atomic E-state index is 13.3. The van der Waals surface area contributed by atoms with Gasteiger partial charge in [-0.3, -0.25) is 4.79 Å². The number of hydrogen-bond donors (Lipinski definition) is 1. The zero-order valence-corrected chi connectivity index (χ0v) is 12.0. The van der Waals surface area contributed by atoms with Gasteiger partial charge in [-0.05, 0) is 48.9 Å². The molecule has 0 radical (unpaired) electrons. The number of rotatable bonds is 2. The SMILES string of the molecule is CCC1C2CNCC2CN1C(=O)c1ccc(F)c(C)c1. The van der Waals surface area contributed by atoms with Gasteiger partial charge in [0.15, 0.2) is 0 Å². The second-order valence-electron chi connectivity index (χ2n) is 5.98. The van der Waals surface area contributed by atoms with E-state index in [1.165, 1.54) is 6.07 Å². The van der Waals surface area contributed by atoms with Gasteiger partial charge in [-0.25, -0.2) is 4.39 Å². The van der Waals surface area contributed by atoms with Crippen molar-refractivity contribution in [2.75, 3.05) is 19.6 Å². The summed E-state index contributed by atoms with van der Waals surface area (Å²) in [7, 11) is 0. The lowest BCUT2D eigenvalue weighted by Crippen LogP contribution is -2.39. The molecule has 1 amide bonds. The molecule has 108 valence electrons. The van der Waals surface area contributed by atoms with Crippen LogP contribution in [-0.4, -0.2) is 36.5 Å². The molecule has 3 nitrogen and oxygen atoms in total. The number of aryl methyl sites for hydroxylation is 1. The predicted molar refractivity (Wildman–Crippen MR) is 76.1 cm³/mol. The normalized spacial score (nSPS) is 28.8. The van der Waals surface area contributed by atoms with Gasteiger partial charge >= 0.3 is 0 Å². The molecule has 1 N–H and O–H groups in total. The predicted octanol–water partition coefficient (Wildman–Crippen LogP) is 2.20. The minimum absolute atomic E-state index is 0.0503. The van der Waals surface area contributed by atoms with Gasteiger partial charge in [0.05, 0.1) is 0 Å². The average molecular weight is 276 g/mol. The maximum absolute atomic E-state index is 13.3. The molecule has 20 heavy (non-hydrogen) atoms. The van der Waals surface area contributed by atoms with Gasteiger partial charge < -0.3 is 10.2 Å². The molecule has 2 fully saturated rings. The fraction of sp³-hybridized carbons (Fsp3) is 0.562. The fourth-order valence-corrected chi connectivity index (χ4v) is 3.72. The van der Waals surface area contributed by atoms with Crippen LogP contribution in [-0.2, 0) is 0 Å². The minimum atomic E-state index is -0.254. The molecule has 0 aliphatic carbocycles. The Morgan fingerprint density at radius 2 is 2.25 bits per heavy atom. The Morgan fingerprint density at radius 1 is 1.45 bits per heavy atom. The Balaban J connectivity index is 1.84. The molecule has 2 aliphatic heterocycles. The molecule has 3 unspecified atom stereocenters. The number of hydrogen-bond acceptors (Lipinski definition) is 2. The van der Waals surface area contributed by atoms with E-state index in [-0.39, 0.29) is 11.7 Å². The molecule has 3 atom stereocenters. The lowest BCUT2D eigenvalue weighted by atomic mass is 9.93. The van der Waals surface area contributed by atoms with Crippen LogP contribution in [0.1, 0.15) is 29.3 Å². The van der Waals surface area contributed by atoms with Crippen LogP contribution < -0.4 is 5.32 Å². The van der Waals surface area contributed by atoms with Crippen LogP contribution in [0.5, 0.6) is 0 Å². The number of carbonyl (C=O) groups is 1. The van der Waals surface area contributed by atoms with E-state index in [1.54, 1.807) is 19.1 Å². The van der Waals surface area contributed by atoms with E-state index >= 15 is 0 Å². The maximum Gasteiger partial charge on any atom is 0.254 e. The zero-order valence-electron chi connectivity index (χ0n) is 12.0. The van der Waals surface area contributed by atoms with E-state index in [0.29, 0.717) is 29.0 Å². The van der Waals surface area contributed by atoms with Crippen molar-refractivity contribution in [1.82, 2.24) is 10.2 Å². The summed E-state index contributed by atoms with van der Waals surface area (Å²) in [6.45, 7) is 6.68. The van der Waals surface area contributed by atoms with Gasteiger partial charge in [-0.15, -0.1) is 0 Å². The zero-order chi connectivity index (χ0) is 14.3. The summed E-state index contributed by atoms with van der Waals surface area (Å²) in [6, 6.07) is 4.97. The second kappa shape index (κ2) is 5.17. The summed E-state index contributed by atoms with van der Waals surface area (Å²) < 4.78 is 13.3. The molecule has 0 bridgehead atoms. The summed E-state index contributed by atoms with van der Waals surface area (Å²) in [4.78, 5) is 14.7. The van der Waals surface area contributed by atoms with Crippen molar-refractivity contribution < 1.29 is 9.18 Å². The van der Waals surface area contributed by atoms with Crippen LogP contribution in [0.4, 0.5) is 4.39 Å². The van der Waals surface area contributed by atoms with E-state index < -0.39 is 0 Å². The Kier molecular flexibility index (Phi) is 3.50. The second-order valence-corrected chi connectivity index (χ2v) is 5.98. The van der Waals surface area contributed by atoms with Gasteiger partial charge in [0.2, 0.25) is 0 Å². The third-order valence-corrected chi connectivity index (χ3v) is 4.80. The fourth-order valence-electron chi connectivity index (χ4n) is 3.72. The van der Waals surface area contributed by atoms with Gasteiger partial charge in [0, 0.05) is 31.2 Å². The molecule has 3 rings (SSSR count). The largest absolute Gasteiger partial charge is 0.335 e. The van der Waals surface area contributed by atoms with Crippen molar-refractivity contribution in [3.8, 4) is 0 Å². The molecule has 1 aromatic carbocycles. The van der Waals surface area contributed by atoms with E-state index in [4.69, 9.17) is 0 Å². The highest BCUT2D eigenvalue weighted by Gasteiger charge is 2.45. The van der Waals surface area contributed by atoms with Crippen molar-refractivity contribution in [1.29, 1.82) is 0 Å². The quantitative estimate of drug-likeness (QED) is 0.898. The average Bonchev–Trinajstić information content (AvgIpc) is 3.01. The summed E-state index contributed by atoms with van der Waals surface area (Å²) in [5, 5.41) is 3.42. The molecule has 4 heteroatoms. The number of nitrogens with zero attached hydrogens (tertiary/aromatic N) is 1. The third kappa shape index (κ3) is 2.12. The number of fused-ring (bicyclic) bond motifs is 1. The summed E-state index contributed by atoms with van der Waals surface area (Å²) in [5.74, 6) is 0.946. The van der Waals surface area contributed by atoms with Crippen molar-refractivity contribution in [2.45, 2.75) is 26.3 Å². The van der Waals surface area contributed by atoms with Gasteiger partial charge in [0.1, 0.15) is 5.82 Å². The first-order valence-corrected chi connectivity index (χ1v) is 7.39. The minimum Gasteiger partial charge on any atom is -0.335 e. The summed E-state index contributed by atoms with van der Waals surface area (Å²) in [6.07, 6.45) is 0.981. The van der Waals surface area contributed by atoms with Gasteiger partial charge in [-0.2, -0.15) is 0 Å². The van der Waals surface area contributed by atoms with Crippen molar-refractivity contribution in [2.24, 2.45) is 11.8 Å². The topological polar surface area (TPSA) is 32.3 Å². The van der Waals surface area contributed by atoms with E-state index in [1.807, 2.05) is 4.90 Å². The lowest BCUT2D eigenvalue weighted by Gasteiger charge is -2.27. The monoisotopic (exact) mass is 276 g/mol. The van der Waals surface area contributed by atoms with Crippen LogP contribution >= 0.6 is 0 Å². The molecular weight excluding hydrogens is 255 g/mol. The van der Waals surface area contributed by atoms with Crippen LogP contribution in [0, 0.1) is 24.6 Å². The van der Waals surface area contributed by atoms with E-state index in [2.05, 4.69) is 12.2 Å². The number of amides is 1. The molecule has 2 heterocycles. The van der Waals surface area contributed by atoms with Crippen molar-refractivity contribution in [3.05, 3.63) is 35.1 Å². The smallest absolute Gasteiger partial charge is 0.254 e. The van der Waals surface area contributed by atoms with Crippen LogP contribution in [0.2, 0.25) is 0 Å². The molecule has 1 aromatic rings. The van der Waals surface area contributed by atoms with Crippen LogP contribution in [0.3, 0.4) is 0 Å². The Hall–Kier alpha value is -1.42. The first-order chi connectivity index (χ1) is 9.61. The Bertz CT molecular complexity index is 531. The summed E-state index contributed by atoms with van der Waals surface area (Å²) >= 11 is 0. The Morgan fingerprint density at radius 3 is 2.95 bits per heavy atom. The van der Waals surface area contributed by atoms with Crippen molar-refractivity contribution >= 4 is 5.91 Å². The molecule has 0 aromatic heterocycles. The van der Waals surface area contributed by atoms with Gasteiger partial charge in [-0.1, -0.05) is 6.92 Å². The number of nitrogens with one attached hydrogen (secondary N) is 1. The number of benzene rings is 1. The number of likely N-dealkylation sites (tertiary alicyclic amines) is 1. The highest BCUT2D eigenvalue weighted by atomic mass is 19.1. The highest BCUT2D eigenvalue weighted by molar-refractivity contribution is 5.94. The molecule has 2 saturated heterocycles.